The van der Waals surface area contributed by atoms with E-state index in [0.29, 0.717) is 17.0 Å². The first-order chi connectivity index (χ1) is 18.8. The Labute approximate surface area is 231 Å². The fourth-order valence-corrected chi connectivity index (χ4v) is 4.43. The van der Waals surface area contributed by atoms with E-state index in [-0.39, 0.29) is 41.5 Å². The molecular formula is C29H33F2N5O4. The zero-order chi connectivity index (χ0) is 29.2. The molecule has 1 fully saturated rings. The molecule has 1 aliphatic carbocycles. The molecule has 2 aromatic carbocycles. The summed E-state index contributed by atoms with van der Waals surface area (Å²) in [6.45, 7) is 7.41. The number of primary amides is 1. The van der Waals surface area contributed by atoms with E-state index in [0.717, 1.165) is 24.5 Å². The second-order valence-electron chi connectivity index (χ2n) is 11.0. The number of benzene rings is 2. The van der Waals surface area contributed by atoms with Crippen molar-refractivity contribution >= 4 is 23.5 Å². The minimum Gasteiger partial charge on any atom is -0.487 e. The predicted molar refractivity (Wildman–Crippen MR) is 147 cm³/mol. The van der Waals surface area contributed by atoms with Crippen molar-refractivity contribution in [2.24, 2.45) is 11.1 Å². The summed E-state index contributed by atoms with van der Waals surface area (Å²) in [5, 5.41) is 2.61. The van der Waals surface area contributed by atoms with E-state index in [1.165, 1.54) is 24.5 Å². The van der Waals surface area contributed by atoms with Crippen LogP contribution in [0.5, 0.6) is 5.75 Å². The van der Waals surface area contributed by atoms with E-state index < -0.39 is 35.2 Å². The highest BCUT2D eigenvalue weighted by molar-refractivity contribution is 6.05. The second kappa shape index (κ2) is 11.4. The molecule has 5 N–H and O–H groups in total. The Morgan fingerprint density at radius 1 is 1.15 bits per heavy atom. The third-order valence-electron chi connectivity index (χ3n) is 6.84. The van der Waals surface area contributed by atoms with Gasteiger partial charge in [-0.1, -0.05) is 26.8 Å². The van der Waals surface area contributed by atoms with Crippen molar-refractivity contribution in [2.45, 2.75) is 59.0 Å². The van der Waals surface area contributed by atoms with E-state index in [1.807, 2.05) is 20.8 Å². The van der Waals surface area contributed by atoms with Crippen LogP contribution in [0.15, 0.2) is 36.7 Å². The molecule has 1 aliphatic rings. The van der Waals surface area contributed by atoms with Crippen molar-refractivity contribution in [1.82, 2.24) is 9.97 Å². The van der Waals surface area contributed by atoms with Crippen LogP contribution in [-0.2, 0) is 4.74 Å². The molecular weight excluding hydrogens is 520 g/mol. The number of hydrogen-bond acceptors (Lipinski definition) is 7. The van der Waals surface area contributed by atoms with Gasteiger partial charge in [-0.25, -0.2) is 23.5 Å². The molecule has 3 aromatic rings. The second-order valence-corrected chi connectivity index (χ2v) is 11.0. The van der Waals surface area contributed by atoms with Crippen molar-refractivity contribution in [3.05, 3.63) is 65.0 Å². The normalized spacial score (nSPS) is 13.9. The van der Waals surface area contributed by atoms with Crippen LogP contribution in [0, 0.1) is 24.0 Å². The molecule has 0 radical (unpaired) electrons. The number of rotatable bonds is 9. The van der Waals surface area contributed by atoms with E-state index in [2.05, 4.69) is 15.3 Å². The van der Waals surface area contributed by atoms with Crippen molar-refractivity contribution in [3.8, 4) is 17.0 Å². The number of carbonyl (C=O) groups excluding carboxylic acids is 2. The number of halogens is 2. The first-order valence-corrected chi connectivity index (χ1v) is 13.0. The molecule has 0 bridgehead atoms. The third-order valence-corrected chi connectivity index (χ3v) is 6.84. The molecule has 0 aliphatic heterocycles. The van der Waals surface area contributed by atoms with Gasteiger partial charge in [-0.05, 0) is 66.5 Å². The van der Waals surface area contributed by atoms with Crippen molar-refractivity contribution < 1.29 is 27.8 Å². The highest BCUT2D eigenvalue weighted by Gasteiger charge is 2.29. The standard InChI is InChI=1S/C29H33F2N5O4/c1-15-20(24-25(26(32)35-14-34-24)39-10-9-23(29(2,3)4)40-28(33)38)12-18(30)13-22(15)36-27(37)19-8-7-17(11-21(19)31)16-5-6-16/h7-8,11-14,16,23H,5-6,9-10H2,1-4H3,(H2,33,38)(H,36,37)(H2,32,34,35). The summed E-state index contributed by atoms with van der Waals surface area (Å²) in [6.07, 6.45) is 2.07. The Bertz CT molecular complexity index is 1440. The first kappa shape index (κ1) is 28.7. The lowest BCUT2D eigenvalue weighted by atomic mass is 9.87. The van der Waals surface area contributed by atoms with Crippen LogP contribution in [0.2, 0.25) is 0 Å². The van der Waals surface area contributed by atoms with Gasteiger partial charge in [0.05, 0.1) is 12.2 Å². The molecule has 2 amide bonds. The quantitative estimate of drug-likeness (QED) is 0.307. The summed E-state index contributed by atoms with van der Waals surface area (Å²) in [6, 6.07) is 6.94. The molecule has 1 heterocycles. The van der Waals surface area contributed by atoms with Gasteiger partial charge >= 0.3 is 6.09 Å². The molecule has 0 spiro atoms. The van der Waals surface area contributed by atoms with Gasteiger partial charge < -0.3 is 26.3 Å². The zero-order valence-electron chi connectivity index (χ0n) is 22.9. The molecule has 1 atom stereocenters. The maximum atomic E-state index is 14.8. The number of aromatic nitrogens is 2. The van der Waals surface area contributed by atoms with Crippen LogP contribution < -0.4 is 21.5 Å². The number of hydrogen-bond donors (Lipinski definition) is 3. The number of carbonyl (C=O) groups is 2. The van der Waals surface area contributed by atoms with Crippen LogP contribution >= 0.6 is 0 Å². The van der Waals surface area contributed by atoms with Gasteiger partial charge in [-0.15, -0.1) is 0 Å². The van der Waals surface area contributed by atoms with Crippen molar-refractivity contribution in [2.75, 3.05) is 17.7 Å². The lowest BCUT2D eigenvalue weighted by Crippen LogP contribution is -2.35. The highest BCUT2D eigenvalue weighted by Crippen LogP contribution is 2.41. The Kier molecular flexibility index (Phi) is 8.22. The lowest BCUT2D eigenvalue weighted by Gasteiger charge is -2.29. The van der Waals surface area contributed by atoms with Gasteiger partial charge in [0, 0.05) is 17.7 Å². The van der Waals surface area contributed by atoms with Crippen LogP contribution in [0.4, 0.5) is 25.1 Å². The molecule has 40 heavy (non-hydrogen) atoms. The molecule has 9 nitrogen and oxygen atoms in total. The number of anilines is 2. The number of nitrogen functional groups attached to an aromatic ring is 1. The van der Waals surface area contributed by atoms with Crippen LogP contribution in [-0.4, -0.2) is 34.7 Å². The molecule has 212 valence electrons. The van der Waals surface area contributed by atoms with Gasteiger partial charge in [0.15, 0.2) is 11.6 Å². The Hall–Kier alpha value is -4.28. The van der Waals surface area contributed by atoms with Crippen LogP contribution in [0.3, 0.4) is 0 Å². The number of nitrogens with zero attached hydrogens (tertiary/aromatic N) is 2. The molecule has 11 heteroatoms. The molecule has 4 rings (SSSR count). The monoisotopic (exact) mass is 553 g/mol. The van der Waals surface area contributed by atoms with Gasteiger partial charge in [0.2, 0.25) is 0 Å². The number of ether oxygens (including phenoxy) is 2. The topological polar surface area (TPSA) is 142 Å². The van der Waals surface area contributed by atoms with Crippen molar-refractivity contribution in [1.29, 1.82) is 0 Å². The van der Waals surface area contributed by atoms with E-state index in [4.69, 9.17) is 20.9 Å². The summed E-state index contributed by atoms with van der Waals surface area (Å²) >= 11 is 0. The number of amides is 2. The minimum absolute atomic E-state index is 0.0141. The average Bonchev–Trinajstić information content (AvgIpc) is 3.71. The average molecular weight is 554 g/mol. The summed E-state index contributed by atoms with van der Waals surface area (Å²) in [4.78, 5) is 32.5. The van der Waals surface area contributed by atoms with E-state index >= 15 is 0 Å². The minimum atomic E-state index is -0.896. The molecule has 1 aromatic heterocycles. The number of nitrogens with one attached hydrogen (secondary N) is 1. The first-order valence-electron chi connectivity index (χ1n) is 13.0. The van der Waals surface area contributed by atoms with Crippen LogP contribution in [0.1, 0.15) is 67.4 Å². The predicted octanol–water partition coefficient (Wildman–Crippen LogP) is 5.72. The van der Waals surface area contributed by atoms with Crippen LogP contribution in [0.25, 0.3) is 11.3 Å². The Morgan fingerprint density at radius 2 is 1.88 bits per heavy atom. The van der Waals surface area contributed by atoms with Gasteiger partial charge in [-0.2, -0.15) is 0 Å². The molecule has 0 saturated heterocycles. The Balaban J connectivity index is 1.59. The van der Waals surface area contributed by atoms with Gasteiger partial charge in [-0.3, -0.25) is 4.79 Å². The maximum absolute atomic E-state index is 14.8. The zero-order valence-corrected chi connectivity index (χ0v) is 22.9. The van der Waals surface area contributed by atoms with Gasteiger partial charge in [0.25, 0.3) is 5.91 Å². The highest BCUT2D eigenvalue weighted by atomic mass is 19.1. The molecule has 1 saturated carbocycles. The van der Waals surface area contributed by atoms with Crippen molar-refractivity contribution in [3.63, 3.8) is 0 Å². The van der Waals surface area contributed by atoms with Gasteiger partial charge in [0.1, 0.15) is 29.8 Å². The third kappa shape index (κ3) is 6.64. The fourth-order valence-electron chi connectivity index (χ4n) is 4.43. The lowest BCUT2D eigenvalue weighted by molar-refractivity contribution is 0.0230. The molecule has 1 unspecified atom stereocenters. The van der Waals surface area contributed by atoms with E-state index in [9.17, 15) is 18.4 Å². The van der Waals surface area contributed by atoms with E-state index in [1.54, 1.807) is 13.0 Å². The summed E-state index contributed by atoms with van der Waals surface area (Å²) in [5.41, 5.74) is 12.7. The Morgan fingerprint density at radius 3 is 2.50 bits per heavy atom. The maximum Gasteiger partial charge on any atom is 0.404 e. The smallest absolute Gasteiger partial charge is 0.404 e. The summed E-state index contributed by atoms with van der Waals surface area (Å²) in [5.74, 6) is -1.55. The number of nitrogens with two attached hydrogens (primary N) is 2. The fraction of sp³-hybridized carbons (Fsp3) is 0.379. The largest absolute Gasteiger partial charge is 0.487 e. The SMILES string of the molecule is Cc1c(NC(=O)c2ccc(C3CC3)cc2F)cc(F)cc1-c1ncnc(N)c1OCCC(OC(N)=O)C(C)(C)C. The summed E-state index contributed by atoms with van der Waals surface area (Å²) in [7, 11) is 0. The summed E-state index contributed by atoms with van der Waals surface area (Å²) < 4.78 is 40.7.